The number of rotatable bonds is 1. The minimum absolute atomic E-state index is 0.0334. The monoisotopic (exact) mass is 305 g/mol. The van der Waals surface area contributed by atoms with Crippen molar-refractivity contribution in [1.29, 1.82) is 10.7 Å². The van der Waals surface area contributed by atoms with E-state index in [1.54, 1.807) is 0 Å². The smallest absolute Gasteiger partial charge is 0.398 e. The molecule has 0 saturated carbocycles. The van der Waals surface area contributed by atoms with Gasteiger partial charge in [-0.2, -0.15) is 18.4 Å². The maximum Gasteiger partial charge on any atom is 0.417 e. The molecule has 0 aliphatic rings. The maximum absolute atomic E-state index is 12.8. The van der Waals surface area contributed by atoms with E-state index in [0.717, 1.165) is 6.07 Å². The molecule has 1 aromatic carbocycles. The Hall–Kier alpha value is -1.55. The van der Waals surface area contributed by atoms with Crippen LogP contribution in [0, 0.1) is 23.7 Å². The molecule has 0 aliphatic carbocycles. The van der Waals surface area contributed by atoms with Gasteiger partial charge in [0.1, 0.15) is 11.8 Å². The summed E-state index contributed by atoms with van der Waals surface area (Å²) in [5, 5.41) is 15.9. The molecule has 0 saturated heterocycles. The van der Waals surface area contributed by atoms with Crippen molar-refractivity contribution in [2.75, 3.05) is 5.73 Å². The number of anilines is 1. The highest BCUT2D eigenvalue weighted by molar-refractivity contribution is 9.10. The summed E-state index contributed by atoms with van der Waals surface area (Å²) in [6.07, 6.45) is -4.57. The zero-order valence-corrected chi connectivity index (χ0v) is 10.2. The summed E-state index contributed by atoms with van der Waals surface area (Å²) < 4.78 is 37.9. The van der Waals surface area contributed by atoms with Crippen molar-refractivity contribution in [2.24, 2.45) is 0 Å². The predicted molar refractivity (Wildman–Crippen MR) is 60.7 cm³/mol. The van der Waals surface area contributed by atoms with Crippen LogP contribution in [0.5, 0.6) is 0 Å². The Morgan fingerprint density at radius 1 is 1.53 bits per heavy atom. The summed E-state index contributed by atoms with van der Waals surface area (Å²) in [5.41, 5.74) is 3.67. The number of benzene rings is 1. The molecule has 0 aromatic heterocycles. The van der Waals surface area contributed by atoms with E-state index in [2.05, 4.69) is 15.9 Å². The summed E-state index contributed by atoms with van der Waals surface area (Å²) in [5.74, 6) is 0. The fourth-order valence-electron chi connectivity index (χ4n) is 1.46. The van der Waals surface area contributed by atoms with Crippen molar-refractivity contribution >= 4 is 27.3 Å². The molecule has 0 unspecified atom stereocenters. The molecule has 7 heteroatoms. The number of hydrogen-bond acceptors (Lipinski definition) is 3. The molecule has 1 aromatic rings. The van der Waals surface area contributed by atoms with Crippen molar-refractivity contribution in [3.05, 3.63) is 27.2 Å². The molecule has 0 radical (unpaired) electrons. The van der Waals surface area contributed by atoms with Crippen LogP contribution in [0.2, 0.25) is 0 Å². The van der Waals surface area contributed by atoms with Gasteiger partial charge in [0, 0.05) is 15.7 Å². The van der Waals surface area contributed by atoms with Crippen molar-refractivity contribution < 1.29 is 13.2 Å². The van der Waals surface area contributed by atoms with Crippen LogP contribution in [0.3, 0.4) is 0 Å². The normalized spacial score (nSPS) is 11.1. The van der Waals surface area contributed by atoms with Gasteiger partial charge in [-0.1, -0.05) is 0 Å². The van der Waals surface area contributed by atoms with E-state index in [9.17, 15) is 13.2 Å². The SMILES string of the molecule is Cc1cc(N)c(C(=N)C#N)c(Br)c1C(F)(F)F. The molecular formula is C10H7BrF3N3. The summed E-state index contributed by atoms with van der Waals surface area (Å²) in [4.78, 5) is 0. The zero-order valence-electron chi connectivity index (χ0n) is 8.61. The van der Waals surface area contributed by atoms with E-state index >= 15 is 0 Å². The van der Waals surface area contributed by atoms with Crippen LogP contribution in [0.15, 0.2) is 10.5 Å². The van der Waals surface area contributed by atoms with E-state index in [0.29, 0.717) is 0 Å². The molecule has 0 aliphatic heterocycles. The molecule has 0 amide bonds. The Labute approximate surface area is 104 Å². The van der Waals surface area contributed by atoms with Gasteiger partial charge in [0.25, 0.3) is 0 Å². The number of alkyl halides is 3. The average Bonchev–Trinajstić information content (AvgIpc) is 2.13. The number of aryl methyl sites for hydroxylation is 1. The first-order valence-electron chi connectivity index (χ1n) is 4.35. The number of hydrogen-bond donors (Lipinski definition) is 2. The van der Waals surface area contributed by atoms with Gasteiger partial charge >= 0.3 is 6.18 Å². The highest BCUT2D eigenvalue weighted by Gasteiger charge is 2.36. The fraction of sp³-hybridized carbons (Fsp3) is 0.200. The van der Waals surface area contributed by atoms with E-state index < -0.39 is 17.5 Å². The van der Waals surface area contributed by atoms with Crippen molar-refractivity contribution in [3.63, 3.8) is 0 Å². The van der Waals surface area contributed by atoms with Gasteiger partial charge in [-0.05, 0) is 34.5 Å². The second-order valence-corrected chi connectivity index (χ2v) is 4.12. The number of nitrogen functional groups attached to an aromatic ring is 1. The third-order valence-corrected chi connectivity index (χ3v) is 2.93. The molecule has 0 heterocycles. The number of nitrogens with one attached hydrogen (secondary N) is 1. The fourth-order valence-corrected chi connectivity index (χ4v) is 2.43. The van der Waals surface area contributed by atoms with Crippen LogP contribution in [0.25, 0.3) is 0 Å². The third-order valence-electron chi connectivity index (χ3n) is 2.14. The summed E-state index contributed by atoms with van der Waals surface area (Å²) in [6, 6.07) is 2.57. The van der Waals surface area contributed by atoms with Crippen LogP contribution in [0.1, 0.15) is 16.7 Å². The van der Waals surface area contributed by atoms with Crippen molar-refractivity contribution in [3.8, 4) is 6.07 Å². The zero-order chi connectivity index (χ0) is 13.4. The Morgan fingerprint density at radius 2 is 2.06 bits per heavy atom. The lowest BCUT2D eigenvalue weighted by Gasteiger charge is -2.16. The number of nitrogens with two attached hydrogens (primary N) is 1. The summed E-state index contributed by atoms with van der Waals surface area (Å²) >= 11 is 2.77. The van der Waals surface area contributed by atoms with E-state index in [4.69, 9.17) is 16.4 Å². The van der Waals surface area contributed by atoms with Crippen LogP contribution < -0.4 is 5.73 Å². The molecule has 3 N–H and O–H groups in total. The van der Waals surface area contributed by atoms with Gasteiger partial charge in [0.05, 0.1) is 5.56 Å². The summed E-state index contributed by atoms with van der Waals surface area (Å²) in [6.45, 7) is 1.27. The van der Waals surface area contributed by atoms with Crippen LogP contribution in [-0.2, 0) is 6.18 Å². The highest BCUT2D eigenvalue weighted by atomic mass is 79.9. The lowest BCUT2D eigenvalue weighted by Crippen LogP contribution is -2.13. The summed E-state index contributed by atoms with van der Waals surface area (Å²) in [7, 11) is 0. The van der Waals surface area contributed by atoms with Crippen LogP contribution >= 0.6 is 15.9 Å². The average molecular weight is 306 g/mol. The van der Waals surface area contributed by atoms with Crippen molar-refractivity contribution in [2.45, 2.75) is 13.1 Å². The second kappa shape index (κ2) is 4.37. The molecule has 0 spiro atoms. The lowest BCUT2D eigenvalue weighted by atomic mass is 10.00. The van der Waals surface area contributed by atoms with Gasteiger partial charge in [-0.15, -0.1) is 0 Å². The Bertz CT molecular complexity index is 529. The minimum atomic E-state index is -4.57. The van der Waals surface area contributed by atoms with E-state index in [1.165, 1.54) is 13.0 Å². The van der Waals surface area contributed by atoms with Gasteiger partial charge in [-0.25, -0.2) is 0 Å². The Morgan fingerprint density at radius 3 is 2.47 bits per heavy atom. The Balaban J connectivity index is 3.68. The molecule has 0 bridgehead atoms. The molecule has 0 fully saturated rings. The van der Waals surface area contributed by atoms with Crippen LogP contribution in [-0.4, -0.2) is 5.71 Å². The van der Waals surface area contributed by atoms with Gasteiger partial charge in [0.2, 0.25) is 0 Å². The number of nitrogens with zero attached hydrogens (tertiary/aromatic N) is 1. The molecule has 0 atom stereocenters. The predicted octanol–water partition coefficient (Wildman–Crippen LogP) is 3.25. The third kappa shape index (κ3) is 2.42. The van der Waals surface area contributed by atoms with Gasteiger partial charge in [0.15, 0.2) is 0 Å². The number of halogens is 4. The molecule has 17 heavy (non-hydrogen) atoms. The number of nitriles is 1. The van der Waals surface area contributed by atoms with E-state index in [1.807, 2.05) is 0 Å². The topological polar surface area (TPSA) is 73.7 Å². The molecule has 1 rings (SSSR count). The first kappa shape index (κ1) is 13.5. The van der Waals surface area contributed by atoms with Crippen molar-refractivity contribution in [1.82, 2.24) is 0 Å². The van der Waals surface area contributed by atoms with Gasteiger partial charge < -0.3 is 5.73 Å². The molecule has 3 nitrogen and oxygen atoms in total. The standard InChI is InChI=1S/C10H7BrF3N3/c1-4-2-5(16)7(6(17)3-15)9(11)8(4)10(12,13)14/h2,17H,16H2,1H3. The first-order valence-corrected chi connectivity index (χ1v) is 5.14. The highest BCUT2D eigenvalue weighted by Crippen LogP contribution is 2.40. The largest absolute Gasteiger partial charge is 0.417 e. The second-order valence-electron chi connectivity index (χ2n) is 3.33. The quantitative estimate of drug-likeness (QED) is 0.617. The first-order chi connectivity index (χ1) is 7.70. The Kier molecular flexibility index (Phi) is 3.48. The maximum atomic E-state index is 12.8. The van der Waals surface area contributed by atoms with Gasteiger partial charge in [-0.3, -0.25) is 5.41 Å². The molecule has 90 valence electrons. The lowest BCUT2D eigenvalue weighted by molar-refractivity contribution is -0.138. The van der Waals surface area contributed by atoms with Crippen LogP contribution in [0.4, 0.5) is 18.9 Å². The molecular weight excluding hydrogens is 299 g/mol. The van der Waals surface area contributed by atoms with E-state index in [-0.39, 0.29) is 21.3 Å². The minimum Gasteiger partial charge on any atom is -0.398 e.